The number of amides is 1. The molecule has 4 N–H and O–H groups in total. The van der Waals surface area contributed by atoms with Gasteiger partial charge in [0.05, 0.1) is 41.2 Å². The molecule has 0 aliphatic rings. The molecule has 8 rings (SSSR count). The highest BCUT2D eigenvalue weighted by Crippen LogP contribution is 2.39. The van der Waals surface area contributed by atoms with E-state index in [1.807, 2.05) is 0 Å². The van der Waals surface area contributed by atoms with Crippen LogP contribution in [0.25, 0.3) is 44.6 Å². The number of nitrogens with one attached hydrogen (secondary N) is 1. The van der Waals surface area contributed by atoms with Crippen molar-refractivity contribution in [2.75, 3.05) is 11.1 Å². The Kier molecular flexibility index (Phi) is 17.6. The number of nitrogen functional groups attached to an aromatic ring is 1. The van der Waals surface area contributed by atoms with Crippen LogP contribution in [0.15, 0.2) is 54.2 Å². The Morgan fingerprint density at radius 2 is 1.11 bits per heavy atom. The first-order chi connectivity index (χ1) is 34.0. The Balaban J connectivity index is 0.000000219. The summed E-state index contributed by atoms with van der Waals surface area (Å²) in [6.45, 7) is 1.16. The minimum absolute atomic E-state index is 0.0327. The minimum atomic E-state index is -5.11. The molecule has 2 aromatic carbocycles. The third kappa shape index (κ3) is 11.8. The number of carbonyl (C=O) groups is 2. The number of carbonyl (C=O) groups excluding carboxylic acids is 1. The quantitative estimate of drug-likeness (QED) is 0.110. The van der Waals surface area contributed by atoms with Gasteiger partial charge < -0.3 is 16.2 Å². The van der Waals surface area contributed by atoms with Gasteiger partial charge in [-0.25, -0.2) is 32.7 Å². The van der Waals surface area contributed by atoms with E-state index in [1.54, 1.807) is 7.05 Å². The number of carboxylic acids is 1. The monoisotopic (exact) mass is 1300 g/mol. The second-order valence-corrected chi connectivity index (χ2v) is 17.0. The number of aryl methyl sites for hydroxylation is 5. The summed E-state index contributed by atoms with van der Waals surface area (Å²) in [4.78, 5) is 79.7. The molecule has 390 valence electrons. The highest BCUT2D eigenvalue weighted by atomic mass is 128. The van der Waals surface area contributed by atoms with E-state index in [0.717, 1.165) is 50.9 Å². The topological polar surface area (TPSA) is 242 Å². The minimum Gasteiger partial charge on any atom is -0.481 e. The molecule has 6 heterocycles. The molecule has 0 atom stereocenters. The number of thiazole rings is 2. The third-order valence-corrected chi connectivity index (χ3v) is 12.0. The third-order valence-electron chi connectivity index (χ3n) is 10.6. The van der Waals surface area contributed by atoms with Crippen molar-refractivity contribution in [2.24, 2.45) is 42.3 Å². The van der Waals surface area contributed by atoms with Crippen molar-refractivity contribution in [3.05, 3.63) is 122 Å². The van der Waals surface area contributed by atoms with Crippen molar-refractivity contribution in [2.45, 2.75) is 32.1 Å². The molecule has 0 saturated carbocycles. The lowest BCUT2D eigenvalue weighted by molar-refractivity contribution is -0.142. The summed E-state index contributed by atoms with van der Waals surface area (Å²) in [5.74, 6) is -6.44. The fraction of sp³-hybridized carbons (Fsp3) is 0.268. The van der Waals surface area contributed by atoms with Crippen LogP contribution in [-0.2, 0) is 77.1 Å². The number of anilines is 2. The molecule has 0 bridgehead atoms. The second-order valence-electron chi connectivity index (χ2n) is 15.3. The van der Waals surface area contributed by atoms with Crippen LogP contribution in [0.4, 0.5) is 49.8 Å². The number of nitrogens with two attached hydrogens (primary N) is 1. The fourth-order valence-corrected chi connectivity index (χ4v) is 8.38. The maximum absolute atomic E-state index is 14.7. The maximum Gasteiger partial charge on any atom is 0.422 e. The number of carboxylic acid groups (broad SMARTS) is 1. The van der Waals surface area contributed by atoms with Crippen LogP contribution in [0.2, 0.25) is 0 Å². The summed E-state index contributed by atoms with van der Waals surface area (Å²) in [6, 6.07) is 3.80. The molecule has 0 radical (unpaired) electrons. The molecule has 19 nitrogen and oxygen atoms in total. The van der Waals surface area contributed by atoms with Gasteiger partial charge in [0, 0.05) is 101 Å². The SMILES string of the molecule is Cc1ccc(-c2csc(NC(=O)Cc3c4c(=O)n(C)c(=O)n(C)c4nn3C)n2)c(F)c1C(F)(F)F.Cn1nc2c(c1CC(=O)O)c(=O)n(C)c(=O)n2C.II.Nc1nc(-c2ccc(F)c(C(F)(F)F)c2F)cs1. The van der Waals surface area contributed by atoms with Crippen LogP contribution in [0, 0.1) is 24.4 Å². The fourth-order valence-electron chi connectivity index (χ4n) is 7.09. The molecular weight excluding hydrogens is 1260 g/mol. The first kappa shape index (κ1) is 57.5. The smallest absolute Gasteiger partial charge is 0.422 e. The normalized spacial score (nSPS) is 11.4. The summed E-state index contributed by atoms with van der Waals surface area (Å²) in [5.41, 5.74) is -0.477. The first-order valence-electron chi connectivity index (χ1n) is 19.9. The van der Waals surface area contributed by atoms with Gasteiger partial charge in [-0.3, -0.25) is 46.8 Å². The van der Waals surface area contributed by atoms with E-state index in [1.165, 1.54) is 70.6 Å². The Hall–Kier alpha value is -6.43. The molecule has 0 spiro atoms. The van der Waals surface area contributed by atoms with Crippen molar-refractivity contribution in [3.8, 4) is 22.5 Å². The van der Waals surface area contributed by atoms with Gasteiger partial charge >= 0.3 is 29.7 Å². The average Bonchev–Trinajstić information content (AvgIpc) is 4.10. The number of hydrogen-bond donors (Lipinski definition) is 3. The summed E-state index contributed by atoms with van der Waals surface area (Å²) in [7, 11) is 8.66. The van der Waals surface area contributed by atoms with Gasteiger partial charge in [0.1, 0.15) is 33.8 Å². The first-order valence-corrected chi connectivity index (χ1v) is 28.0. The van der Waals surface area contributed by atoms with Crippen molar-refractivity contribution < 1.29 is 54.2 Å². The van der Waals surface area contributed by atoms with Crippen LogP contribution in [0.3, 0.4) is 0 Å². The van der Waals surface area contributed by atoms with Crippen LogP contribution in [0.1, 0.15) is 28.1 Å². The average molecular weight is 1300 g/mol. The van der Waals surface area contributed by atoms with Crippen molar-refractivity contribution >= 4 is 104 Å². The molecule has 0 aliphatic heterocycles. The summed E-state index contributed by atoms with van der Waals surface area (Å²) < 4.78 is 125. The lowest BCUT2D eigenvalue weighted by atomic mass is 10.0. The zero-order valence-corrected chi connectivity index (χ0v) is 44.2. The zero-order chi connectivity index (χ0) is 54.9. The molecule has 8 aromatic rings. The number of benzene rings is 2. The molecular formula is C41H35F9I2N12O7S2. The number of aromatic nitrogens is 10. The van der Waals surface area contributed by atoms with Gasteiger partial charge in [-0.1, -0.05) is 6.07 Å². The van der Waals surface area contributed by atoms with E-state index in [2.05, 4.69) is 62.7 Å². The van der Waals surface area contributed by atoms with Crippen LogP contribution >= 0.6 is 59.9 Å². The largest absolute Gasteiger partial charge is 0.481 e. The standard InChI is InChI=1S/C21H18F4N6O3S.C10H5F5N2S.C10H12N4O4.I2/c1-9-5-6-10(16(22)15(9)21(23,24)25)11-8-35-19(26-11)27-13(32)7-12-14-17(28-31(12)4)29(2)20(34)30(3)18(14)33;11-5-2-1-4(6-3-18-9(16)17-6)8(12)7(5)10(13,14)15;1-12-8-7(9(17)13(2)10(12)18)5(4-6(15)16)14(3)11-8;1-2/h5-6,8H,7H2,1-4H3,(H,26,27,32);1-3H,(H2,16,17);4H2,1-3H3,(H,15,16);. The number of alkyl halides is 6. The summed E-state index contributed by atoms with van der Waals surface area (Å²) in [6.07, 6.45) is -10.6. The molecule has 6 aromatic heterocycles. The second kappa shape index (κ2) is 22.4. The molecule has 32 heteroatoms. The molecule has 73 heavy (non-hydrogen) atoms. The zero-order valence-electron chi connectivity index (χ0n) is 38.3. The van der Waals surface area contributed by atoms with Gasteiger partial charge in [0.15, 0.2) is 21.6 Å². The number of rotatable bonds is 7. The lowest BCUT2D eigenvalue weighted by Gasteiger charge is -2.13. The Morgan fingerprint density at radius 1 is 0.671 bits per heavy atom. The predicted octanol–water partition coefficient (Wildman–Crippen LogP) is 6.80. The van der Waals surface area contributed by atoms with E-state index >= 15 is 0 Å². The van der Waals surface area contributed by atoms with E-state index in [-0.39, 0.29) is 79.1 Å². The molecule has 0 unspecified atom stereocenters. The Bertz CT molecular complexity index is 3700. The molecule has 0 saturated heterocycles. The van der Waals surface area contributed by atoms with Crippen molar-refractivity contribution in [1.29, 1.82) is 0 Å². The van der Waals surface area contributed by atoms with E-state index in [0.29, 0.717) is 6.07 Å². The summed E-state index contributed by atoms with van der Waals surface area (Å²) in [5, 5.41) is 22.6. The molecule has 1 amide bonds. The van der Waals surface area contributed by atoms with Crippen molar-refractivity contribution in [1.82, 2.24) is 47.8 Å². The van der Waals surface area contributed by atoms with Gasteiger partial charge in [0.2, 0.25) is 5.91 Å². The number of fused-ring (bicyclic) bond motifs is 2. The number of nitrogens with zero attached hydrogens (tertiary/aromatic N) is 10. The number of hydrogen-bond acceptors (Lipinski definition) is 13. The molecule has 0 aliphatic carbocycles. The predicted molar refractivity (Wildman–Crippen MR) is 268 cm³/mol. The lowest BCUT2D eigenvalue weighted by Crippen LogP contribution is -2.37. The van der Waals surface area contributed by atoms with Gasteiger partial charge in [0.25, 0.3) is 11.1 Å². The summed E-state index contributed by atoms with van der Waals surface area (Å²) >= 11 is 6.10. The van der Waals surface area contributed by atoms with Gasteiger partial charge in [-0.05, 0) is 30.7 Å². The number of aliphatic carboxylic acids is 1. The van der Waals surface area contributed by atoms with E-state index < -0.39 is 80.9 Å². The number of halogens is 11. The van der Waals surface area contributed by atoms with Crippen LogP contribution < -0.4 is 33.5 Å². The van der Waals surface area contributed by atoms with Gasteiger partial charge in [-0.2, -0.15) is 36.5 Å². The van der Waals surface area contributed by atoms with Crippen LogP contribution in [-0.4, -0.2) is 64.8 Å². The van der Waals surface area contributed by atoms with Crippen molar-refractivity contribution in [3.63, 3.8) is 0 Å². The van der Waals surface area contributed by atoms with E-state index in [4.69, 9.17) is 10.8 Å². The highest BCUT2D eigenvalue weighted by molar-refractivity contribution is 15.0. The van der Waals surface area contributed by atoms with Gasteiger partial charge in [-0.15, -0.1) is 22.7 Å². The highest BCUT2D eigenvalue weighted by Gasteiger charge is 2.39. The Morgan fingerprint density at radius 3 is 1.56 bits per heavy atom. The maximum atomic E-state index is 14.7. The van der Waals surface area contributed by atoms with E-state index in [9.17, 15) is 68.3 Å². The van der Waals surface area contributed by atoms with Crippen LogP contribution in [0.5, 0.6) is 0 Å². The molecule has 0 fully saturated rings. The Labute approximate surface area is 433 Å².